The molecule has 1 unspecified atom stereocenters. The third-order valence-corrected chi connectivity index (χ3v) is 11.8. The van der Waals surface area contributed by atoms with Crippen molar-refractivity contribution in [3.8, 4) is 0 Å². The van der Waals surface area contributed by atoms with E-state index < -0.39 is 66.8 Å². The number of ether oxygens (including phenoxy) is 8. The van der Waals surface area contributed by atoms with Crippen LogP contribution in [0.25, 0.3) is 0 Å². The summed E-state index contributed by atoms with van der Waals surface area (Å²) in [5.74, 6) is -0.232. The Labute approximate surface area is 350 Å². The molecule has 0 radical (unpaired) electrons. The van der Waals surface area contributed by atoms with Gasteiger partial charge in [0.1, 0.15) is 42.1 Å². The van der Waals surface area contributed by atoms with Crippen LogP contribution in [-0.4, -0.2) is 73.0 Å². The van der Waals surface area contributed by atoms with Crippen molar-refractivity contribution >= 4 is 17.7 Å². The van der Waals surface area contributed by atoms with Crippen molar-refractivity contribution in [2.45, 2.75) is 105 Å². The average Bonchev–Trinajstić information content (AvgIpc) is 3.27. The third kappa shape index (κ3) is 10.7. The smallest absolute Gasteiger partial charge is 0.217 e. The van der Waals surface area contributed by atoms with Crippen molar-refractivity contribution in [1.82, 2.24) is 5.32 Å². The van der Waals surface area contributed by atoms with Gasteiger partial charge < -0.3 is 43.2 Å². The van der Waals surface area contributed by atoms with Crippen LogP contribution in [-0.2, 0) is 62.5 Å². The number of fused-ring (bicyclic) bond motifs is 1. The molecule has 0 saturated carbocycles. The van der Waals surface area contributed by atoms with Crippen molar-refractivity contribution in [3.63, 3.8) is 0 Å². The van der Waals surface area contributed by atoms with Crippen LogP contribution in [0.5, 0.6) is 0 Å². The molecule has 11 atom stereocenters. The minimum absolute atomic E-state index is 0.232. The summed E-state index contributed by atoms with van der Waals surface area (Å²) < 4.78 is 54.4. The zero-order chi connectivity index (χ0) is 40.4. The van der Waals surface area contributed by atoms with Crippen LogP contribution in [0.2, 0.25) is 0 Å². The minimum Gasteiger partial charge on any atom is -0.368 e. The zero-order valence-corrected chi connectivity index (χ0v) is 34.0. The highest BCUT2D eigenvalue weighted by molar-refractivity contribution is 7.99. The van der Waals surface area contributed by atoms with Gasteiger partial charge in [-0.1, -0.05) is 151 Å². The monoisotopic (exact) mass is 817 g/mol. The zero-order valence-electron chi connectivity index (χ0n) is 33.2. The molecule has 3 aliphatic rings. The van der Waals surface area contributed by atoms with E-state index in [1.807, 2.05) is 159 Å². The molecule has 3 heterocycles. The lowest BCUT2D eigenvalue weighted by Gasteiger charge is -2.52. The Bertz CT molecular complexity index is 2020. The molecule has 1 N–H and O–H groups in total. The third-order valence-electron chi connectivity index (χ3n) is 10.7. The van der Waals surface area contributed by atoms with E-state index in [2.05, 4.69) is 5.32 Å². The molecular weight excluding hydrogens is 767 g/mol. The van der Waals surface area contributed by atoms with E-state index in [0.717, 1.165) is 27.1 Å². The van der Waals surface area contributed by atoms with Crippen molar-refractivity contribution < 1.29 is 42.7 Å². The van der Waals surface area contributed by atoms with E-state index in [9.17, 15) is 4.79 Å². The molecule has 11 heteroatoms. The molecule has 5 aromatic carbocycles. The van der Waals surface area contributed by atoms with Gasteiger partial charge in [0.25, 0.3) is 0 Å². The number of nitrogens with one attached hydrogen (secondary N) is 1. The van der Waals surface area contributed by atoms with Crippen LogP contribution in [0.4, 0.5) is 0 Å². The fourth-order valence-corrected chi connectivity index (χ4v) is 8.92. The first kappa shape index (κ1) is 41.3. The van der Waals surface area contributed by atoms with Crippen molar-refractivity contribution in [1.29, 1.82) is 0 Å². The fraction of sp³-hybridized carbons (Fsp3) is 0.354. The molecule has 5 aromatic rings. The Kier molecular flexibility index (Phi) is 14.2. The van der Waals surface area contributed by atoms with Gasteiger partial charge in [-0.3, -0.25) is 4.79 Å². The quantitative estimate of drug-likeness (QED) is 0.112. The summed E-state index contributed by atoms with van der Waals surface area (Å²) in [6.45, 7) is 4.65. The highest BCUT2D eigenvalue weighted by atomic mass is 32.2. The molecule has 0 aliphatic carbocycles. The molecule has 8 rings (SSSR count). The normalized spacial score (nSPS) is 29.3. The van der Waals surface area contributed by atoms with Gasteiger partial charge in [0, 0.05) is 17.4 Å². The van der Waals surface area contributed by atoms with Gasteiger partial charge in [-0.15, -0.1) is 0 Å². The Morgan fingerprint density at radius 2 is 1.14 bits per heavy atom. The van der Waals surface area contributed by atoms with Crippen LogP contribution < -0.4 is 5.32 Å². The summed E-state index contributed by atoms with van der Waals surface area (Å²) in [6, 6.07) is 49.1. The number of thioether (sulfide) groups is 1. The lowest BCUT2D eigenvalue weighted by Crippen LogP contribution is -2.68. The predicted molar refractivity (Wildman–Crippen MR) is 223 cm³/mol. The second-order valence-corrected chi connectivity index (χ2v) is 16.1. The molecule has 3 fully saturated rings. The molecule has 10 nitrogen and oxygen atoms in total. The topological polar surface area (TPSA) is 103 Å². The summed E-state index contributed by atoms with van der Waals surface area (Å²) in [4.78, 5) is 14.1. The van der Waals surface area contributed by atoms with Crippen LogP contribution in [0.15, 0.2) is 157 Å². The molecule has 308 valence electrons. The Morgan fingerprint density at radius 3 is 1.69 bits per heavy atom. The van der Waals surface area contributed by atoms with Gasteiger partial charge in [-0.05, 0) is 35.7 Å². The van der Waals surface area contributed by atoms with Gasteiger partial charge in [0.05, 0.1) is 38.6 Å². The fourth-order valence-electron chi connectivity index (χ4n) is 7.77. The summed E-state index contributed by atoms with van der Waals surface area (Å²) in [6.07, 6.45) is -6.05. The molecule has 3 saturated heterocycles. The molecule has 59 heavy (non-hydrogen) atoms. The number of hydrogen-bond acceptors (Lipinski definition) is 10. The number of rotatable bonds is 15. The molecule has 0 aromatic heterocycles. The summed E-state index contributed by atoms with van der Waals surface area (Å²) in [5.41, 5.74) is 3.31. The van der Waals surface area contributed by atoms with Crippen LogP contribution in [0.3, 0.4) is 0 Å². The number of carbonyl (C=O) groups is 1. The lowest BCUT2D eigenvalue weighted by molar-refractivity contribution is -0.363. The first-order valence-electron chi connectivity index (χ1n) is 20.2. The number of amides is 1. The highest BCUT2D eigenvalue weighted by Crippen LogP contribution is 2.42. The first-order valence-corrected chi connectivity index (χ1v) is 21.1. The molecule has 0 bridgehead atoms. The van der Waals surface area contributed by atoms with Crippen molar-refractivity contribution in [3.05, 3.63) is 174 Å². The number of benzene rings is 5. The van der Waals surface area contributed by atoms with Crippen LogP contribution >= 0.6 is 11.8 Å². The highest BCUT2D eigenvalue weighted by Gasteiger charge is 2.55. The first-order chi connectivity index (χ1) is 29.0. The largest absolute Gasteiger partial charge is 0.368 e. The van der Waals surface area contributed by atoms with Gasteiger partial charge >= 0.3 is 0 Å². The average molecular weight is 818 g/mol. The van der Waals surface area contributed by atoms with Gasteiger partial charge in [0.15, 0.2) is 12.6 Å². The SMILES string of the molecule is CC(=O)N[C@@H]1[C@@H](O[C@@H]2O[C@@H](C)[C@@H](OCc3ccccc3)[C@@H](OCc3ccccc3)[C@@H]2OCc2ccccc2)[C@@H]2OC(c3ccccc3)OC[C@H]2O[C@H]1Sc1ccccc1. The van der Waals surface area contributed by atoms with E-state index in [-0.39, 0.29) is 19.1 Å². The number of hydrogen-bond donors (Lipinski definition) is 1. The second kappa shape index (κ2) is 20.2. The lowest BCUT2D eigenvalue weighted by atomic mass is 9.95. The maximum Gasteiger partial charge on any atom is 0.217 e. The molecule has 1 amide bonds. The summed E-state index contributed by atoms with van der Waals surface area (Å²) in [5, 5.41) is 3.19. The van der Waals surface area contributed by atoms with E-state index in [4.69, 9.17) is 37.9 Å². The molecular formula is C48H51NO9S. The van der Waals surface area contributed by atoms with Crippen molar-refractivity contribution in [2.24, 2.45) is 0 Å². The maximum atomic E-state index is 13.1. The maximum absolute atomic E-state index is 13.1. The van der Waals surface area contributed by atoms with Gasteiger partial charge in [-0.2, -0.15) is 0 Å². The van der Waals surface area contributed by atoms with Crippen LogP contribution in [0.1, 0.15) is 42.4 Å². The molecule has 3 aliphatic heterocycles. The summed E-state index contributed by atoms with van der Waals surface area (Å²) in [7, 11) is 0. The van der Waals surface area contributed by atoms with E-state index >= 15 is 0 Å². The van der Waals surface area contributed by atoms with Gasteiger partial charge in [0.2, 0.25) is 5.91 Å². The van der Waals surface area contributed by atoms with E-state index in [0.29, 0.717) is 13.2 Å². The Balaban J connectivity index is 1.15. The van der Waals surface area contributed by atoms with Gasteiger partial charge in [-0.25, -0.2) is 0 Å². The second-order valence-electron chi connectivity index (χ2n) is 15.0. The minimum atomic E-state index is -0.977. The standard InChI is InChI=1S/C48H51NO9S/c1-32-41(51-28-34-18-8-3-9-19-34)44(52-29-35-20-10-4-11-21-35)45(53-30-36-22-12-5-13-23-36)47(55-32)58-43-40(49-33(2)50)48(59-38-26-16-7-17-27-38)56-39-31-54-46(57-42(39)43)37-24-14-6-15-25-37/h3-27,32,39-48H,28-31H2,1-2H3,(H,49,50)/t32-,39+,40+,41+,42+,43+,44+,45-,46?,47-,48-/m0/s1. The van der Waals surface area contributed by atoms with Crippen molar-refractivity contribution in [2.75, 3.05) is 6.61 Å². The van der Waals surface area contributed by atoms with Crippen LogP contribution in [0, 0.1) is 0 Å². The predicted octanol–water partition coefficient (Wildman–Crippen LogP) is 8.01. The number of carbonyl (C=O) groups excluding carboxylic acids is 1. The Morgan fingerprint density at radius 1 is 0.627 bits per heavy atom. The van der Waals surface area contributed by atoms with E-state index in [1.54, 1.807) is 0 Å². The molecule has 0 spiro atoms. The Hall–Kier alpha value is -4.40. The summed E-state index contributed by atoms with van der Waals surface area (Å²) >= 11 is 1.51. The van der Waals surface area contributed by atoms with E-state index in [1.165, 1.54) is 18.7 Å².